The van der Waals surface area contributed by atoms with Gasteiger partial charge in [-0.1, -0.05) is 53.8 Å². The summed E-state index contributed by atoms with van der Waals surface area (Å²) in [5, 5.41) is 11.4. The second-order valence-corrected chi connectivity index (χ2v) is 11.1. The molecular weight excluding hydrogens is 610 g/mol. The summed E-state index contributed by atoms with van der Waals surface area (Å²) in [6.07, 6.45) is 1.58. The van der Waals surface area contributed by atoms with Crippen molar-refractivity contribution in [2.75, 3.05) is 20.8 Å². The molecular formula is C34H27N3O8S. The number of aromatic nitrogens is 1. The van der Waals surface area contributed by atoms with Gasteiger partial charge in [-0.15, -0.1) is 0 Å². The Hall–Kier alpha value is -5.75. The fourth-order valence-electron chi connectivity index (χ4n) is 5.25. The van der Waals surface area contributed by atoms with Crippen LogP contribution in [0.25, 0.3) is 23.1 Å². The molecule has 0 fully saturated rings. The minimum Gasteiger partial charge on any atom is -0.497 e. The second kappa shape index (κ2) is 12.7. The van der Waals surface area contributed by atoms with Gasteiger partial charge in [-0.3, -0.25) is 19.5 Å². The number of hydrogen-bond donors (Lipinski definition) is 0. The number of hydrogen-bond acceptors (Lipinski definition) is 10. The number of furan rings is 1. The van der Waals surface area contributed by atoms with Crippen molar-refractivity contribution in [1.82, 2.24) is 4.57 Å². The number of nitrogens with zero attached hydrogens (tertiary/aromatic N) is 3. The summed E-state index contributed by atoms with van der Waals surface area (Å²) >= 11 is 1.15. The number of non-ortho nitro benzene ring substituents is 1. The Bertz CT molecular complexity index is 2160. The fraction of sp³-hybridized carbons (Fsp3) is 0.147. The minimum absolute atomic E-state index is 0.118. The van der Waals surface area contributed by atoms with E-state index in [1.165, 1.54) is 29.9 Å². The Labute approximate surface area is 266 Å². The minimum atomic E-state index is -0.847. The van der Waals surface area contributed by atoms with E-state index in [1.807, 2.05) is 30.3 Å². The van der Waals surface area contributed by atoms with Gasteiger partial charge in [0.25, 0.3) is 11.2 Å². The Balaban J connectivity index is 1.54. The molecule has 3 aromatic carbocycles. The van der Waals surface area contributed by atoms with Crippen molar-refractivity contribution < 1.29 is 28.3 Å². The average Bonchev–Trinajstić information content (AvgIpc) is 3.67. The number of carbonyl (C=O) groups excluding carboxylic acids is 1. The van der Waals surface area contributed by atoms with Crippen LogP contribution in [-0.4, -0.2) is 36.3 Å². The highest BCUT2D eigenvalue weighted by molar-refractivity contribution is 7.07. The smallest absolute Gasteiger partial charge is 0.338 e. The van der Waals surface area contributed by atoms with Gasteiger partial charge in [-0.2, -0.15) is 0 Å². The SMILES string of the molecule is CCOC(=O)C1=C(c2ccccc2)N=c2s/c(=C\c3ccc(-c4cc([N+](=O)[O-])ccc4OC)o3)c(=O)n2[C@@H]1c1ccc(OC)cc1. The lowest BCUT2D eigenvalue weighted by Crippen LogP contribution is -2.40. The molecule has 0 unspecified atom stereocenters. The topological polar surface area (TPSA) is 135 Å². The van der Waals surface area contributed by atoms with Gasteiger partial charge < -0.3 is 18.6 Å². The molecule has 0 saturated heterocycles. The first-order chi connectivity index (χ1) is 22.3. The largest absolute Gasteiger partial charge is 0.497 e. The molecule has 1 aliphatic heterocycles. The summed E-state index contributed by atoms with van der Waals surface area (Å²) in [5.41, 5.74) is 1.89. The van der Waals surface area contributed by atoms with Crippen LogP contribution in [-0.2, 0) is 9.53 Å². The van der Waals surface area contributed by atoms with Crippen LogP contribution in [0.3, 0.4) is 0 Å². The van der Waals surface area contributed by atoms with Gasteiger partial charge >= 0.3 is 5.97 Å². The molecule has 232 valence electrons. The Kier molecular flexibility index (Phi) is 8.36. The fourth-order valence-corrected chi connectivity index (χ4v) is 6.23. The predicted molar refractivity (Wildman–Crippen MR) is 171 cm³/mol. The van der Waals surface area contributed by atoms with E-state index in [2.05, 4.69) is 0 Å². The number of nitro groups is 1. The Morgan fingerprint density at radius 1 is 1.04 bits per heavy atom. The van der Waals surface area contributed by atoms with E-state index in [1.54, 1.807) is 56.5 Å². The zero-order chi connectivity index (χ0) is 32.4. The highest BCUT2D eigenvalue weighted by Crippen LogP contribution is 2.36. The molecule has 11 nitrogen and oxygen atoms in total. The maximum Gasteiger partial charge on any atom is 0.338 e. The maximum atomic E-state index is 14.1. The molecule has 0 N–H and O–H groups in total. The van der Waals surface area contributed by atoms with Crippen LogP contribution in [0.5, 0.6) is 11.5 Å². The van der Waals surface area contributed by atoms with Crippen LogP contribution >= 0.6 is 11.3 Å². The van der Waals surface area contributed by atoms with Gasteiger partial charge in [0.1, 0.15) is 23.0 Å². The maximum absolute atomic E-state index is 14.1. The lowest BCUT2D eigenvalue weighted by molar-refractivity contribution is -0.384. The molecule has 6 rings (SSSR count). The number of fused-ring (bicyclic) bond motifs is 1. The van der Waals surface area contributed by atoms with Crippen LogP contribution in [0.2, 0.25) is 0 Å². The molecule has 0 bridgehead atoms. The number of thiazole rings is 1. The first kappa shape index (κ1) is 30.3. The van der Waals surface area contributed by atoms with E-state index in [9.17, 15) is 19.7 Å². The standard InChI is InChI=1S/C34H27N3O8S/c1-4-44-33(39)29-30(20-8-6-5-7-9-20)35-34-36(31(29)21-10-13-23(42-2)14-11-21)32(38)28(46-34)19-24-15-17-27(45-24)25-18-22(37(40)41)12-16-26(25)43-3/h5-19,31H,4H2,1-3H3/b28-19-/t31-/m1/s1. The van der Waals surface area contributed by atoms with Crippen molar-refractivity contribution in [1.29, 1.82) is 0 Å². The zero-order valence-electron chi connectivity index (χ0n) is 25.0. The molecule has 0 saturated carbocycles. The van der Waals surface area contributed by atoms with Crippen molar-refractivity contribution in [3.8, 4) is 22.8 Å². The molecule has 3 heterocycles. The highest BCUT2D eigenvalue weighted by atomic mass is 32.1. The number of rotatable bonds is 9. The van der Waals surface area contributed by atoms with Crippen molar-refractivity contribution in [3.05, 3.63) is 137 Å². The second-order valence-electron chi connectivity index (χ2n) is 10.0. The molecule has 2 aromatic heterocycles. The van der Waals surface area contributed by atoms with Crippen molar-refractivity contribution in [3.63, 3.8) is 0 Å². The lowest BCUT2D eigenvalue weighted by atomic mass is 9.93. The number of benzene rings is 3. The Morgan fingerprint density at radius 2 is 1.80 bits per heavy atom. The third kappa shape index (κ3) is 5.61. The third-order valence-electron chi connectivity index (χ3n) is 7.36. The first-order valence-corrected chi connectivity index (χ1v) is 15.0. The van der Waals surface area contributed by atoms with E-state index in [0.717, 1.165) is 11.3 Å². The molecule has 46 heavy (non-hydrogen) atoms. The van der Waals surface area contributed by atoms with Crippen molar-refractivity contribution in [2.45, 2.75) is 13.0 Å². The van der Waals surface area contributed by atoms with E-state index in [4.69, 9.17) is 23.6 Å². The van der Waals surface area contributed by atoms with Crippen molar-refractivity contribution >= 4 is 34.8 Å². The van der Waals surface area contributed by atoms with Gasteiger partial charge in [0.05, 0.1) is 53.2 Å². The zero-order valence-corrected chi connectivity index (χ0v) is 25.8. The lowest BCUT2D eigenvalue weighted by Gasteiger charge is -2.26. The normalized spacial score (nSPS) is 14.4. The predicted octanol–water partition coefficient (Wildman–Crippen LogP) is 5.12. The van der Waals surface area contributed by atoms with Crippen LogP contribution in [0.4, 0.5) is 5.69 Å². The first-order valence-electron chi connectivity index (χ1n) is 14.2. The van der Waals surface area contributed by atoms with Crippen LogP contribution < -0.4 is 24.4 Å². The molecule has 0 aliphatic carbocycles. The summed E-state index contributed by atoms with van der Waals surface area (Å²) in [6.45, 7) is 1.86. The summed E-state index contributed by atoms with van der Waals surface area (Å²) < 4.78 is 24.1. The summed E-state index contributed by atoms with van der Waals surface area (Å²) in [7, 11) is 3.02. The van der Waals surface area contributed by atoms with Gasteiger partial charge in [-0.25, -0.2) is 9.79 Å². The Morgan fingerprint density at radius 3 is 2.48 bits per heavy atom. The number of esters is 1. The quantitative estimate of drug-likeness (QED) is 0.123. The average molecular weight is 638 g/mol. The van der Waals surface area contributed by atoms with Gasteiger partial charge in [0.2, 0.25) is 0 Å². The van der Waals surface area contributed by atoms with Gasteiger partial charge in [0, 0.05) is 23.8 Å². The van der Waals surface area contributed by atoms with Crippen molar-refractivity contribution in [2.24, 2.45) is 4.99 Å². The van der Waals surface area contributed by atoms with E-state index >= 15 is 0 Å². The molecule has 0 radical (unpaired) electrons. The van der Waals surface area contributed by atoms with E-state index in [-0.39, 0.29) is 23.4 Å². The van der Waals surface area contributed by atoms with Crippen LogP contribution in [0, 0.1) is 10.1 Å². The molecule has 0 spiro atoms. The summed E-state index contributed by atoms with van der Waals surface area (Å²) in [4.78, 5) is 43.9. The molecule has 12 heteroatoms. The number of methoxy groups -OCH3 is 2. The number of nitro benzene ring substituents is 1. The third-order valence-corrected chi connectivity index (χ3v) is 8.35. The van der Waals surface area contributed by atoms with E-state index < -0.39 is 16.9 Å². The number of ether oxygens (including phenoxy) is 3. The van der Waals surface area contributed by atoms with Crippen LogP contribution in [0.1, 0.15) is 29.9 Å². The highest BCUT2D eigenvalue weighted by Gasteiger charge is 2.35. The van der Waals surface area contributed by atoms with Gasteiger partial charge in [-0.05, 0) is 42.8 Å². The summed E-state index contributed by atoms with van der Waals surface area (Å²) in [5.74, 6) is 1.09. The number of carbonyl (C=O) groups is 1. The molecule has 1 aliphatic rings. The molecule has 0 amide bonds. The molecule has 5 aromatic rings. The summed E-state index contributed by atoms with van der Waals surface area (Å²) in [6, 6.07) is 23.1. The van der Waals surface area contributed by atoms with E-state index in [0.29, 0.717) is 54.7 Å². The monoisotopic (exact) mass is 637 g/mol. The molecule has 1 atom stereocenters. The van der Waals surface area contributed by atoms with Crippen LogP contribution in [0.15, 0.2) is 105 Å². The van der Waals surface area contributed by atoms with Gasteiger partial charge in [0.15, 0.2) is 4.80 Å².